The Morgan fingerprint density at radius 2 is 1.92 bits per heavy atom. The van der Waals surface area contributed by atoms with Crippen molar-refractivity contribution in [1.82, 2.24) is 5.43 Å². The van der Waals surface area contributed by atoms with Crippen LogP contribution in [0.3, 0.4) is 0 Å². The lowest BCUT2D eigenvalue weighted by molar-refractivity contribution is -0.385. The number of nitro benzene ring substituents is 1. The number of anilines is 1. The molecule has 0 unspecified atom stereocenters. The summed E-state index contributed by atoms with van der Waals surface area (Å²) in [7, 11) is -4.39. The van der Waals surface area contributed by atoms with Crippen molar-refractivity contribution in [3.8, 4) is 0 Å². The number of carbonyl (C=O) groups is 1. The zero-order valence-electron chi connectivity index (χ0n) is 12.9. The minimum atomic E-state index is -4.39. The second-order valence-corrected chi connectivity index (χ2v) is 7.64. The predicted octanol–water partition coefficient (Wildman–Crippen LogP) is 2.09. The maximum Gasteiger partial charge on any atom is 0.270 e. The van der Waals surface area contributed by atoms with Gasteiger partial charge in [-0.2, -0.15) is 0 Å². The van der Waals surface area contributed by atoms with Crippen LogP contribution in [0.25, 0.3) is 0 Å². The van der Waals surface area contributed by atoms with Gasteiger partial charge in [-0.05, 0) is 24.3 Å². The number of amides is 1. The number of nitro groups is 1. The van der Waals surface area contributed by atoms with Gasteiger partial charge in [-0.3, -0.25) is 24.6 Å². The van der Waals surface area contributed by atoms with E-state index in [4.69, 9.17) is 29.0 Å². The number of hydrogen-bond acceptors (Lipinski definition) is 6. The Bertz CT molecular complexity index is 968. The summed E-state index contributed by atoms with van der Waals surface area (Å²) in [6.45, 7) is -0.707. The molecule has 2 aromatic carbocycles. The molecule has 0 heterocycles. The summed E-state index contributed by atoms with van der Waals surface area (Å²) in [5.41, 5.74) is 1.32. The van der Waals surface area contributed by atoms with Crippen molar-refractivity contribution < 1.29 is 18.1 Å². The highest BCUT2D eigenvalue weighted by Crippen LogP contribution is 2.33. The van der Waals surface area contributed by atoms with E-state index in [9.17, 15) is 23.3 Å². The molecule has 0 radical (unpaired) electrons. The third-order valence-electron chi connectivity index (χ3n) is 3.24. The van der Waals surface area contributed by atoms with Crippen LogP contribution in [-0.4, -0.2) is 25.8 Å². The summed E-state index contributed by atoms with van der Waals surface area (Å²) in [5, 5.41) is 11.1. The Balaban J connectivity index is 2.64. The molecule has 2 rings (SSSR count). The molecule has 0 aliphatic rings. The van der Waals surface area contributed by atoms with E-state index in [2.05, 4.69) is 0 Å². The summed E-state index contributed by atoms with van der Waals surface area (Å²) in [5.74, 6) is 4.22. The number of rotatable bonds is 6. The van der Waals surface area contributed by atoms with Crippen molar-refractivity contribution in [2.45, 2.75) is 4.90 Å². The molecule has 0 atom stereocenters. The summed E-state index contributed by atoms with van der Waals surface area (Å²) in [6.07, 6.45) is 0. The third kappa shape index (κ3) is 4.22. The number of non-ortho nitro benzene ring substituents is 1. The van der Waals surface area contributed by atoms with E-state index in [1.807, 2.05) is 5.43 Å². The lowest BCUT2D eigenvalue weighted by Gasteiger charge is -2.24. The van der Waals surface area contributed by atoms with Crippen LogP contribution in [0.1, 0.15) is 0 Å². The van der Waals surface area contributed by atoms with Crippen LogP contribution in [0.2, 0.25) is 10.0 Å². The van der Waals surface area contributed by atoms with Crippen molar-refractivity contribution in [3.63, 3.8) is 0 Å². The normalized spacial score (nSPS) is 11.0. The second-order valence-electron chi connectivity index (χ2n) is 4.93. The van der Waals surface area contributed by atoms with Crippen LogP contribution in [0.15, 0.2) is 47.4 Å². The van der Waals surface area contributed by atoms with Crippen LogP contribution in [0, 0.1) is 10.1 Å². The van der Waals surface area contributed by atoms with Gasteiger partial charge in [0.1, 0.15) is 6.54 Å². The Kier molecular flexibility index (Phi) is 6.03. The van der Waals surface area contributed by atoms with Gasteiger partial charge in [0.15, 0.2) is 0 Å². The zero-order chi connectivity index (χ0) is 19.5. The maximum atomic E-state index is 13.0. The minimum Gasteiger partial charge on any atom is -0.293 e. The lowest BCUT2D eigenvalue weighted by Crippen LogP contribution is -2.43. The number of nitrogens with zero attached hydrogens (tertiary/aromatic N) is 2. The number of carbonyl (C=O) groups excluding carboxylic acids is 1. The summed E-state index contributed by atoms with van der Waals surface area (Å²) >= 11 is 12.0. The molecule has 0 aliphatic heterocycles. The number of halogens is 2. The molecular weight excluding hydrogens is 407 g/mol. The highest BCUT2D eigenvalue weighted by atomic mass is 35.5. The Labute approximate surface area is 158 Å². The molecule has 1 amide bonds. The number of hydrogen-bond donors (Lipinski definition) is 2. The first-order chi connectivity index (χ1) is 12.2. The molecule has 26 heavy (non-hydrogen) atoms. The van der Waals surface area contributed by atoms with Crippen molar-refractivity contribution in [3.05, 3.63) is 62.6 Å². The van der Waals surface area contributed by atoms with Gasteiger partial charge >= 0.3 is 0 Å². The van der Waals surface area contributed by atoms with Gasteiger partial charge in [-0.25, -0.2) is 14.3 Å². The Hall–Kier alpha value is -2.40. The highest BCUT2D eigenvalue weighted by molar-refractivity contribution is 7.92. The second kappa shape index (κ2) is 7.87. The van der Waals surface area contributed by atoms with E-state index in [-0.39, 0.29) is 15.7 Å². The van der Waals surface area contributed by atoms with Crippen molar-refractivity contribution in [2.24, 2.45) is 5.84 Å². The summed E-state index contributed by atoms with van der Waals surface area (Å²) in [6, 6.07) is 8.44. The number of hydrazine groups is 1. The van der Waals surface area contributed by atoms with Crippen molar-refractivity contribution >= 4 is 50.5 Å². The van der Waals surface area contributed by atoms with Gasteiger partial charge in [0, 0.05) is 17.2 Å². The summed E-state index contributed by atoms with van der Waals surface area (Å²) in [4.78, 5) is 21.5. The standard InChI is InChI=1S/C14H12Cl2N4O5S/c15-9-4-5-12(16)13(6-9)19(8-14(21)18-17)26(24,25)11-3-1-2-10(7-11)20(22)23/h1-7H,8,17H2,(H,18,21). The fraction of sp³-hybridized carbons (Fsp3) is 0.0714. The molecule has 3 N–H and O–H groups in total. The predicted molar refractivity (Wildman–Crippen MR) is 96.4 cm³/mol. The zero-order valence-corrected chi connectivity index (χ0v) is 15.3. The van der Waals surface area contributed by atoms with Crippen LogP contribution in [0.4, 0.5) is 11.4 Å². The maximum absolute atomic E-state index is 13.0. The first-order valence-corrected chi connectivity index (χ1v) is 9.08. The number of nitrogens with two attached hydrogens (primary N) is 1. The van der Waals surface area contributed by atoms with Crippen molar-refractivity contribution in [1.29, 1.82) is 0 Å². The van der Waals surface area contributed by atoms with E-state index in [1.165, 1.54) is 24.3 Å². The minimum absolute atomic E-state index is 0.00762. The van der Waals surface area contributed by atoms with Crippen LogP contribution in [-0.2, 0) is 14.8 Å². The molecule has 0 spiro atoms. The third-order valence-corrected chi connectivity index (χ3v) is 5.55. The fourth-order valence-corrected chi connectivity index (χ4v) is 3.95. The van der Waals surface area contributed by atoms with Gasteiger partial charge < -0.3 is 0 Å². The Morgan fingerprint density at radius 1 is 1.23 bits per heavy atom. The smallest absolute Gasteiger partial charge is 0.270 e. The molecule has 138 valence electrons. The van der Waals surface area contributed by atoms with Gasteiger partial charge in [0.25, 0.3) is 21.6 Å². The topological polar surface area (TPSA) is 136 Å². The average Bonchev–Trinajstić information content (AvgIpc) is 2.61. The van der Waals surface area contributed by atoms with Crippen LogP contribution < -0.4 is 15.6 Å². The average molecular weight is 419 g/mol. The largest absolute Gasteiger partial charge is 0.293 e. The summed E-state index contributed by atoms with van der Waals surface area (Å²) < 4.78 is 26.7. The quantitative estimate of drug-likeness (QED) is 0.319. The van der Waals surface area contributed by atoms with E-state index < -0.39 is 38.0 Å². The molecular formula is C14H12Cl2N4O5S. The van der Waals surface area contributed by atoms with Gasteiger partial charge in [0.2, 0.25) is 0 Å². The molecule has 12 heteroatoms. The highest BCUT2D eigenvalue weighted by Gasteiger charge is 2.30. The molecule has 0 saturated carbocycles. The molecule has 0 aliphatic carbocycles. The number of sulfonamides is 1. The SMILES string of the molecule is NNC(=O)CN(c1cc(Cl)ccc1Cl)S(=O)(=O)c1cccc([N+](=O)[O-])c1. The first-order valence-electron chi connectivity index (χ1n) is 6.88. The van der Waals surface area contributed by atoms with Crippen LogP contribution in [0.5, 0.6) is 0 Å². The van der Waals surface area contributed by atoms with Crippen molar-refractivity contribution in [2.75, 3.05) is 10.8 Å². The Morgan fingerprint density at radius 3 is 2.54 bits per heavy atom. The van der Waals surface area contributed by atoms with Gasteiger partial charge in [-0.1, -0.05) is 29.3 Å². The fourth-order valence-electron chi connectivity index (χ4n) is 2.04. The molecule has 0 bridgehead atoms. The molecule has 0 fully saturated rings. The number of benzene rings is 2. The van der Waals surface area contributed by atoms with Crippen LogP contribution >= 0.6 is 23.2 Å². The molecule has 0 aromatic heterocycles. The molecule has 2 aromatic rings. The van der Waals surface area contributed by atoms with E-state index in [0.717, 1.165) is 18.2 Å². The number of nitrogens with one attached hydrogen (secondary N) is 1. The monoisotopic (exact) mass is 418 g/mol. The first kappa shape index (κ1) is 19.9. The molecule has 0 saturated heterocycles. The lowest BCUT2D eigenvalue weighted by atomic mass is 10.3. The van der Waals surface area contributed by atoms with E-state index >= 15 is 0 Å². The van der Waals surface area contributed by atoms with Gasteiger partial charge in [-0.15, -0.1) is 0 Å². The molecule has 9 nitrogen and oxygen atoms in total. The van der Waals surface area contributed by atoms with E-state index in [0.29, 0.717) is 4.31 Å². The van der Waals surface area contributed by atoms with Gasteiger partial charge in [0.05, 0.1) is 20.5 Å². The van der Waals surface area contributed by atoms with E-state index in [1.54, 1.807) is 0 Å².